The summed E-state index contributed by atoms with van der Waals surface area (Å²) in [6.07, 6.45) is 0.851. The minimum Gasteiger partial charge on any atom is -0.298 e. The molecule has 0 atom stereocenters. The third-order valence-electron chi connectivity index (χ3n) is 3.07. The van der Waals surface area contributed by atoms with Crippen LogP contribution in [0.2, 0.25) is 0 Å². The SMILES string of the molecule is Cn1nc2c(C=O)cccc2c1-c1ccccc1. The zero-order valence-electron chi connectivity index (χ0n) is 10.00. The first-order valence-electron chi connectivity index (χ1n) is 5.77. The molecule has 0 saturated heterocycles. The predicted octanol–water partition coefficient (Wildman–Crippen LogP) is 3.05. The molecule has 2 aromatic carbocycles. The normalized spacial score (nSPS) is 10.7. The van der Waals surface area contributed by atoms with Crippen molar-refractivity contribution in [1.82, 2.24) is 9.78 Å². The van der Waals surface area contributed by atoms with Crippen LogP contribution >= 0.6 is 0 Å². The van der Waals surface area contributed by atoms with Gasteiger partial charge >= 0.3 is 0 Å². The largest absolute Gasteiger partial charge is 0.298 e. The molecule has 0 unspecified atom stereocenters. The van der Waals surface area contributed by atoms with Crippen LogP contribution in [-0.4, -0.2) is 16.1 Å². The molecule has 0 N–H and O–H groups in total. The summed E-state index contributed by atoms with van der Waals surface area (Å²) in [6.45, 7) is 0. The molecule has 0 radical (unpaired) electrons. The van der Waals surface area contributed by atoms with E-state index in [0.29, 0.717) is 5.56 Å². The molecule has 0 aliphatic rings. The number of carbonyl (C=O) groups is 1. The second-order valence-electron chi connectivity index (χ2n) is 4.20. The fourth-order valence-corrected chi connectivity index (χ4v) is 2.27. The summed E-state index contributed by atoms with van der Waals surface area (Å²) >= 11 is 0. The number of nitrogens with zero attached hydrogens (tertiary/aromatic N) is 2. The second-order valence-corrected chi connectivity index (χ2v) is 4.20. The summed E-state index contributed by atoms with van der Waals surface area (Å²) in [4.78, 5) is 11.0. The van der Waals surface area contributed by atoms with Crippen LogP contribution in [0.3, 0.4) is 0 Å². The van der Waals surface area contributed by atoms with Crippen LogP contribution < -0.4 is 0 Å². The molecule has 0 aliphatic carbocycles. The molecule has 3 rings (SSSR count). The Balaban J connectivity index is 2.37. The van der Waals surface area contributed by atoms with Crippen molar-refractivity contribution in [1.29, 1.82) is 0 Å². The number of aryl methyl sites for hydroxylation is 1. The van der Waals surface area contributed by atoms with Crippen molar-refractivity contribution >= 4 is 17.2 Å². The van der Waals surface area contributed by atoms with E-state index in [9.17, 15) is 4.79 Å². The standard InChI is InChI=1S/C15H12N2O/c1-17-15(11-6-3-2-4-7-11)13-9-5-8-12(10-18)14(13)16-17/h2-10H,1H3. The third kappa shape index (κ3) is 1.52. The molecule has 88 valence electrons. The molecule has 0 saturated carbocycles. The number of rotatable bonds is 2. The molecule has 0 aliphatic heterocycles. The zero-order chi connectivity index (χ0) is 12.5. The Morgan fingerprint density at radius 3 is 2.56 bits per heavy atom. The fraction of sp³-hybridized carbons (Fsp3) is 0.0667. The van der Waals surface area contributed by atoms with Crippen molar-refractivity contribution in [2.45, 2.75) is 0 Å². The summed E-state index contributed by atoms with van der Waals surface area (Å²) in [5, 5.41) is 5.45. The Morgan fingerprint density at radius 1 is 1.06 bits per heavy atom. The number of fused-ring (bicyclic) bond motifs is 1. The van der Waals surface area contributed by atoms with Crippen LogP contribution in [0.1, 0.15) is 10.4 Å². The van der Waals surface area contributed by atoms with E-state index in [2.05, 4.69) is 5.10 Å². The van der Waals surface area contributed by atoms with Crippen molar-refractivity contribution in [3.8, 4) is 11.3 Å². The van der Waals surface area contributed by atoms with Gasteiger partial charge in [-0.15, -0.1) is 0 Å². The molecule has 3 aromatic rings. The highest BCUT2D eigenvalue weighted by molar-refractivity contribution is 6.01. The highest BCUT2D eigenvalue weighted by Gasteiger charge is 2.12. The number of benzene rings is 2. The Kier molecular flexibility index (Phi) is 2.45. The molecule has 1 aromatic heterocycles. The van der Waals surface area contributed by atoms with Gasteiger partial charge in [0.1, 0.15) is 5.52 Å². The molecule has 0 spiro atoms. The molecule has 1 heterocycles. The topological polar surface area (TPSA) is 34.9 Å². The molecule has 0 bridgehead atoms. The van der Waals surface area contributed by atoms with E-state index in [-0.39, 0.29) is 0 Å². The summed E-state index contributed by atoms with van der Waals surface area (Å²) in [7, 11) is 1.90. The Hall–Kier alpha value is -2.42. The maximum absolute atomic E-state index is 11.0. The van der Waals surface area contributed by atoms with Gasteiger partial charge in [-0.25, -0.2) is 0 Å². The summed E-state index contributed by atoms with van der Waals surface area (Å²) in [5.74, 6) is 0. The van der Waals surface area contributed by atoms with Gasteiger partial charge in [0.05, 0.1) is 5.69 Å². The van der Waals surface area contributed by atoms with Crippen molar-refractivity contribution in [2.24, 2.45) is 7.05 Å². The van der Waals surface area contributed by atoms with Crippen LogP contribution in [-0.2, 0) is 7.05 Å². The number of carbonyl (C=O) groups excluding carboxylic acids is 1. The van der Waals surface area contributed by atoms with E-state index in [4.69, 9.17) is 0 Å². The maximum atomic E-state index is 11.0. The lowest BCUT2D eigenvalue weighted by atomic mass is 10.1. The minimum atomic E-state index is 0.630. The molecule has 3 nitrogen and oxygen atoms in total. The molecular formula is C15H12N2O. The second kappa shape index (κ2) is 4.11. The number of hydrogen-bond donors (Lipinski definition) is 0. The number of aldehydes is 1. The summed E-state index contributed by atoms with van der Waals surface area (Å²) in [5.41, 5.74) is 3.53. The van der Waals surface area contributed by atoms with Gasteiger partial charge in [-0.2, -0.15) is 5.10 Å². The summed E-state index contributed by atoms with van der Waals surface area (Å²) in [6, 6.07) is 15.7. The van der Waals surface area contributed by atoms with Gasteiger partial charge in [0.15, 0.2) is 6.29 Å². The van der Waals surface area contributed by atoms with Gasteiger partial charge in [0.2, 0.25) is 0 Å². The zero-order valence-corrected chi connectivity index (χ0v) is 10.00. The van der Waals surface area contributed by atoms with E-state index >= 15 is 0 Å². The predicted molar refractivity (Wildman–Crippen MR) is 71.5 cm³/mol. The molecule has 18 heavy (non-hydrogen) atoms. The first kappa shape index (κ1) is 10.7. The van der Waals surface area contributed by atoms with Gasteiger partial charge in [-0.05, 0) is 6.07 Å². The van der Waals surface area contributed by atoms with E-state index in [1.54, 1.807) is 6.07 Å². The van der Waals surface area contributed by atoms with Crippen LogP contribution in [0.4, 0.5) is 0 Å². The van der Waals surface area contributed by atoms with Crippen molar-refractivity contribution < 1.29 is 4.79 Å². The molecule has 0 amide bonds. The lowest BCUT2D eigenvalue weighted by Crippen LogP contribution is -1.93. The van der Waals surface area contributed by atoms with Crippen LogP contribution in [0, 0.1) is 0 Å². The van der Waals surface area contributed by atoms with Crippen molar-refractivity contribution in [2.75, 3.05) is 0 Å². The highest BCUT2D eigenvalue weighted by Crippen LogP contribution is 2.29. The lowest BCUT2D eigenvalue weighted by Gasteiger charge is -2.02. The van der Waals surface area contributed by atoms with Gasteiger partial charge in [0.25, 0.3) is 0 Å². The molecule has 3 heteroatoms. The van der Waals surface area contributed by atoms with Crippen LogP contribution in [0.25, 0.3) is 22.2 Å². The molecule has 0 fully saturated rings. The van der Waals surface area contributed by atoms with E-state index in [1.165, 1.54) is 0 Å². The van der Waals surface area contributed by atoms with Gasteiger partial charge in [-0.3, -0.25) is 9.48 Å². The van der Waals surface area contributed by atoms with E-state index < -0.39 is 0 Å². The maximum Gasteiger partial charge on any atom is 0.152 e. The fourth-order valence-electron chi connectivity index (χ4n) is 2.27. The first-order chi connectivity index (χ1) is 8.81. The summed E-state index contributed by atoms with van der Waals surface area (Å²) < 4.78 is 1.83. The highest BCUT2D eigenvalue weighted by atomic mass is 16.1. The Labute approximate surface area is 105 Å². The first-order valence-corrected chi connectivity index (χ1v) is 5.77. The average Bonchev–Trinajstić information content (AvgIpc) is 2.75. The van der Waals surface area contributed by atoms with E-state index in [1.807, 2.05) is 54.2 Å². The number of aromatic nitrogens is 2. The van der Waals surface area contributed by atoms with Gasteiger partial charge < -0.3 is 0 Å². The Bertz CT molecular complexity index is 714. The lowest BCUT2D eigenvalue weighted by molar-refractivity contribution is 0.112. The Morgan fingerprint density at radius 2 is 1.83 bits per heavy atom. The quantitative estimate of drug-likeness (QED) is 0.641. The minimum absolute atomic E-state index is 0.630. The molecular weight excluding hydrogens is 224 g/mol. The van der Waals surface area contributed by atoms with Gasteiger partial charge in [-0.1, -0.05) is 42.5 Å². The van der Waals surface area contributed by atoms with Crippen LogP contribution in [0.5, 0.6) is 0 Å². The van der Waals surface area contributed by atoms with Gasteiger partial charge in [0, 0.05) is 23.6 Å². The van der Waals surface area contributed by atoms with Crippen molar-refractivity contribution in [3.63, 3.8) is 0 Å². The third-order valence-corrected chi connectivity index (χ3v) is 3.07. The van der Waals surface area contributed by atoms with E-state index in [0.717, 1.165) is 28.4 Å². The number of hydrogen-bond acceptors (Lipinski definition) is 2. The van der Waals surface area contributed by atoms with Crippen molar-refractivity contribution in [3.05, 3.63) is 54.1 Å². The monoisotopic (exact) mass is 236 g/mol. The van der Waals surface area contributed by atoms with Crippen LogP contribution in [0.15, 0.2) is 48.5 Å². The smallest absolute Gasteiger partial charge is 0.152 e. The average molecular weight is 236 g/mol.